The van der Waals surface area contributed by atoms with Gasteiger partial charge in [-0.1, -0.05) is 6.92 Å². The lowest BCUT2D eigenvalue weighted by molar-refractivity contribution is -0.121. The van der Waals surface area contributed by atoms with Crippen molar-refractivity contribution in [1.29, 1.82) is 0 Å². The van der Waals surface area contributed by atoms with Crippen molar-refractivity contribution in [2.45, 2.75) is 26.3 Å². The summed E-state index contributed by atoms with van der Waals surface area (Å²) in [6, 6.07) is 0.0300. The Bertz CT molecular complexity index is 141. The van der Waals surface area contributed by atoms with E-state index in [1.54, 1.807) is 0 Å². The number of carbonyl (C=O) groups is 1. The van der Waals surface area contributed by atoms with Crippen LogP contribution in [0.15, 0.2) is 0 Å². The summed E-state index contributed by atoms with van der Waals surface area (Å²) >= 11 is 3.95. The molecule has 0 aliphatic heterocycles. The van der Waals surface area contributed by atoms with Crippen molar-refractivity contribution in [2.24, 2.45) is 5.92 Å². The Morgan fingerprint density at radius 2 is 2.17 bits per heavy atom. The molecule has 0 radical (unpaired) electrons. The molecule has 3 nitrogen and oxygen atoms in total. The number of amides is 1. The lowest BCUT2D eigenvalue weighted by Crippen LogP contribution is -2.38. The summed E-state index contributed by atoms with van der Waals surface area (Å²) in [6.45, 7) is 3.88. The minimum atomic E-state index is -0.00204. The van der Waals surface area contributed by atoms with E-state index in [1.165, 1.54) is 0 Å². The van der Waals surface area contributed by atoms with Gasteiger partial charge in [-0.3, -0.25) is 4.79 Å². The van der Waals surface area contributed by atoms with E-state index in [2.05, 4.69) is 17.9 Å². The molecule has 0 fully saturated rings. The van der Waals surface area contributed by atoms with Gasteiger partial charge in [0, 0.05) is 19.1 Å². The number of hydrogen-bond donors (Lipinski definition) is 3. The zero-order valence-electron chi connectivity index (χ0n) is 7.58. The van der Waals surface area contributed by atoms with Gasteiger partial charge in [-0.15, -0.1) is 0 Å². The molecule has 0 saturated carbocycles. The molecule has 1 amide bonds. The van der Waals surface area contributed by atoms with Crippen LogP contribution in [0.4, 0.5) is 0 Å². The smallest absolute Gasteiger partial charge is 0.221 e. The first-order valence-corrected chi connectivity index (χ1v) is 4.76. The van der Waals surface area contributed by atoms with Gasteiger partial charge >= 0.3 is 0 Å². The number of rotatable bonds is 5. The van der Waals surface area contributed by atoms with Crippen LogP contribution >= 0.6 is 12.6 Å². The lowest BCUT2D eigenvalue weighted by atomic mass is 10.1. The van der Waals surface area contributed by atoms with E-state index >= 15 is 0 Å². The fourth-order valence-electron chi connectivity index (χ4n) is 0.728. The van der Waals surface area contributed by atoms with Crippen LogP contribution in [-0.4, -0.2) is 29.4 Å². The van der Waals surface area contributed by atoms with Crippen molar-refractivity contribution in [3.05, 3.63) is 0 Å². The normalized spacial score (nSPS) is 15.3. The number of aliphatic hydroxyl groups is 1. The van der Waals surface area contributed by atoms with Gasteiger partial charge in [0.2, 0.25) is 5.91 Å². The van der Waals surface area contributed by atoms with Crippen molar-refractivity contribution in [3.8, 4) is 0 Å². The van der Waals surface area contributed by atoms with E-state index in [-0.39, 0.29) is 24.5 Å². The standard InChI is InChI=1S/C8H17NO2S/c1-6(5-10)7(2)9-8(11)3-4-12/h6-7,10,12H,3-5H2,1-2H3,(H,9,11). The molecule has 2 unspecified atom stereocenters. The number of nitrogens with one attached hydrogen (secondary N) is 1. The second-order valence-corrected chi connectivity index (χ2v) is 3.44. The van der Waals surface area contributed by atoms with Gasteiger partial charge in [0.1, 0.15) is 0 Å². The molecule has 0 aromatic carbocycles. The summed E-state index contributed by atoms with van der Waals surface area (Å²) in [5.74, 6) is 0.665. The van der Waals surface area contributed by atoms with Gasteiger partial charge in [0.15, 0.2) is 0 Å². The highest BCUT2D eigenvalue weighted by atomic mass is 32.1. The zero-order chi connectivity index (χ0) is 9.56. The molecule has 0 saturated heterocycles. The summed E-state index contributed by atoms with van der Waals surface area (Å²) in [5, 5.41) is 11.6. The van der Waals surface area contributed by atoms with Gasteiger partial charge < -0.3 is 10.4 Å². The van der Waals surface area contributed by atoms with E-state index in [0.29, 0.717) is 12.2 Å². The van der Waals surface area contributed by atoms with Crippen LogP contribution in [0, 0.1) is 5.92 Å². The molecule has 0 spiro atoms. The Hall–Kier alpha value is -0.220. The lowest BCUT2D eigenvalue weighted by Gasteiger charge is -2.18. The molecule has 0 rings (SSSR count). The first-order chi connectivity index (χ1) is 5.61. The van der Waals surface area contributed by atoms with Crippen LogP contribution in [0.2, 0.25) is 0 Å². The maximum Gasteiger partial charge on any atom is 0.221 e. The molecular formula is C8H17NO2S. The van der Waals surface area contributed by atoms with Gasteiger partial charge in [-0.2, -0.15) is 12.6 Å². The van der Waals surface area contributed by atoms with E-state index in [9.17, 15) is 4.79 Å². The first-order valence-electron chi connectivity index (χ1n) is 4.13. The van der Waals surface area contributed by atoms with Crippen LogP contribution in [0.25, 0.3) is 0 Å². The van der Waals surface area contributed by atoms with Gasteiger partial charge in [-0.05, 0) is 18.6 Å². The highest BCUT2D eigenvalue weighted by Crippen LogP contribution is 2.00. The minimum Gasteiger partial charge on any atom is -0.396 e. The Kier molecular flexibility index (Phi) is 6.20. The summed E-state index contributed by atoms with van der Waals surface area (Å²) in [5.41, 5.74) is 0. The van der Waals surface area contributed by atoms with Gasteiger partial charge in [-0.25, -0.2) is 0 Å². The van der Waals surface area contributed by atoms with Crippen LogP contribution in [-0.2, 0) is 4.79 Å². The van der Waals surface area contributed by atoms with Crippen molar-refractivity contribution in [3.63, 3.8) is 0 Å². The Morgan fingerprint density at radius 1 is 1.58 bits per heavy atom. The first kappa shape index (κ1) is 11.8. The van der Waals surface area contributed by atoms with Crippen LogP contribution in [0.3, 0.4) is 0 Å². The summed E-state index contributed by atoms with van der Waals surface area (Å²) in [6.07, 6.45) is 0.436. The van der Waals surface area contributed by atoms with Gasteiger partial charge in [0.25, 0.3) is 0 Å². The molecule has 2 N–H and O–H groups in total. The van der Waals surface area contributed by atoms with Crippen molar-refractivity contribution < 1.29 is 9.90 Å². The average molecular weight is 191 g/mol. The second-order valence-electron chi connectivity index (χ2n) is 2.99. The third-order valence-corrected chi connectivity index (χ3v) is 2.09. The van der Waals surface area contributed by atoms with Crippen molar-refractivity contribution in [2.75, 3.05) is 12.4 Å². The van der Waals surface area contributed by atoms with Crippen LogP contribution in [0.5, 0.6) is 0 Å². The molecule has 0 aromatic heterocycles. The molecule has 12 heavy (non-hydrogen) atoms. The van der Waals surface area contributed by atoms with Crippen LogP contribution in [0.1, 0.15) is 20.3 Å². The topological polar surface area (TPSA) is 49.3 Å². The maximum absolute atomic E-state index is 11.0. The minimum absolute atomic E-state index is 0.00204. The predicted molar refractivity (Wildman–Crippen MR) is 52.3 cm³/mol. The summed E-state index contributed by atoms with van der Waals surface area (Å²) < 4.78 is 0. The van der Waals surface area contributed by atoms with Crippen LogP contribution < -0.4 is 5.32 Å². The molecule has 0 aliphatic carbocycles. The monoisotopic (exact) mass is 191 g/mol. The fraction of sp³-hybridized carbons (Fsp3) is 0.875. The molecule has 72 valence electrons. The largest absolute Gasteiger partial charge is 0.396 e. The molecular weight excluding hydrogens is 174 g/mol. The molecule has 0 heterocycles. The third-order valence-electron chi connectivity index (χ3n) is 1.87. The quantitative estimate of drug-likeness (QED) is 0.552. The molecule has 0 aliphatic rings. The Labute approximate surface area is 79.0 Å². The SMILES string of the molecule is CC(CO)C(C)NC(=O)CCS. The number of thiol groups is 1. The number of hydrogen-bond acceptors (Lipinski definition) is 3. The third kappa shape index (κ3) is 4.62. The molecule has 0 aromatic rings. The van der Waals surface area contributed by atoms with Crippen molar-refractivity contribution in [1.82, 2.24) is 5.32 Å². The highest BCUT2D eigenvalue weighted by molar-refractivity contribution is 7.80. The summed E-state index contributed by atoms with van der Waals surface area (Å²) in [4.78, 5) is 11.0. The predicted octanol–water partition coefficient (Wildman–Crippen LogP) is 0.439. The average Bonchev–Trinajstić information content (AvgIpc) is 2.03. The van der Waals surface area contributed by atoms with E-state index in [4.69, 9.17) is 5.11 Å². The number of aliphatic hydroxyl groups excluding tert-OH is 1. The molecule has 4 heteroatoms. The second kappa shape index (κ2) is 6.31. The van der Waals surface area contributed by atoms with E-state index in [0.717, 1.165) is 0 Å². The zero-order valence-corrected chi connectivity index (χ0v) is 8.47. The van der Waals surface area contributed by atoms with Gasteiger partial charge in [0.05, 0.1) is 0 Å². The van der Waals surface area contributed by atoms with Crippen molar-refractivity contribution >= 4 is 18.5 Å². The maximum atomic E-state index is 11.0. The molecule has 2 atom stereocenters. The highest BCUT2D eigenvalue weighted by Gasteiger charge is 2.12. The number of carbonyl (C=O) groups excluding carboxylic acids is 1. The fourth-order valence-corrected chi connectivity index (χ4v) is 0.931. The summed E-state index contributed by atoms with van der Waals surface area (Å²) in [7, 11) is 0. The van der Waals surface area contributed by atoms with E-state index in [1.807, 2.05) is 13.8 Å². The van der Waals surface area contributed by atoms with E-state index < -0.39 is 0 Å². The Morgan fingerprint density at radius 3 is 2.58 bits per heavy atom. The molecule has 0 bridgehead atoms. The Balaban J connectivity index is 3.67.